The van der Waals surface area contributed by atoms with Crippen LogP contribution in [0, 0.1) is 11.3 Å². The lowest BCUT2D eigenvalue weighted by molar-refractivity contribution is -0.141. The van der Waals surface area contributed by atoms with Gasteiger partial charge in [0.25, 0.3) is 0 Å². The maximum atomic E-state index is 13.7. The van der Waals surface area contributed by atoms with Crippen LogP contribution in [0.15, 0.2) is 48.0 Å². The van der Waals surface area contributed by atoms with E-state index in [2.05, 4.69) is 19.2 Å². The Balaban J connectivity index is 0.00000105. The molecule has 3 atom stereocenters. The van der Waals surface area contributed by atoms with Crippen molar-refractivity contribution in [2.24, 2.45) is 11.3 Å². The van der Waals surface area contributed by atoms with Gasteiger partial charge < -0.3 is 15.0 Å². The van der Waals surface area contributed by atoms with E-state index in [1.165, 1.54) is 0 Å². The molecule has 2 amide bonds. The first-order valence-electron chi connectivity index (χ1n) is 13.3. The predicted molar refractivity (Wildman–Crippen MR) is 158 cm³/mol. The molecule has 1 aromatic rings. The lowest BCUT2D eigenvalue weighted by Crippen LogP contribution is -2.60. The van der Waals surface area contributed by atoms with Crippen LogP contribution in [0.5, 0.6) is 0 Å². The Kier molecular flexibility index (Phi) is 13.1. The third-order valence-corrected chi connectivity index (χ3v) is 8.05. The zero-order chi connectivity index (χ0) is 29.3. The number of hydrogen-bond donors (Lipinski definition) is 1. The monoisotopic (exact) mass is 547 g/mol. The molecule has 0 radical (unpaired) electrons. The Labute approximate surface area is 234 Å². The fourth-order valence-electron chi connectivity index (χ4n) is 4.39. The second kappa shape index (κ2) is 14.7. The van der Waals surface area contributed by atoms with Crippen molar-refractivity contribution < 1.29 is 19.1 Å². The maximum Gasteiger partial charge on any atom is 0.333 e. The molecular weight excluding hydrogens is 498 g/mol. The molecule has 1 aromatic carbocycles. The Morgan fingerprint density at radius 1 is 1.13 bits per heavy atom. The SMILES string of the molecule is CCOC(=O)/C(C)=C/C(C(C)C)N(C)C(=O)[C@@H](NC(=O)[C@@H]1N(C)CSC1(C)C)C(C)(C)C.c1ccccc1. The minimum Gasteiger partial charge on any atom is -0.463 e. The van der Waals surface area contributed by atoms with Gasteiger partial charge in [-0.25, -0.2) is 4.79 Å². The first-order chi connectivity index (χ1) is 17.5. The minimum atomic E-state index is -0.702. The Morgan fingerprint density at radius 2 is 1.63 bits per heavy atom. The summed E-state index contributed by atoms with van der Waals surface area (Å²) in [4.78, 5) is 42.7. The second-order valence-electron chi connectivity index (χ2n) is 11.8. The average molecular weight is 548 g/mol. The predicted octanol–water partition coefficient (Wildman–Crippen LogP) is 4.98. The van der Waals surface area contributed by atoms with Crippen molar-refractivity contribution in [2.45, 2.75) is 85.2 Å². The lowest BCUT2D eigenvalue weighted by Gasteiger charge is -2.39. The van der Waals surface area contributed by atoms with Crippen LogP contribution in [0.1, 0.15) is 62.3 Å². The second-order valence-corrected chi connectivity index (χ2v) is 13.4. The number of amides is 2. The molecule has 0 spiro atoms. The number of nitrogens with zero attached hydrogens (tertiary/aromatic N) is 2. The van der Waals surface area contributed by atoms with Crippen molar-refractivity contribution in [3.8, 4) is 0 Å². The molecule has 2 rings (SSSR count). The summed E-state index contributed by atoms with van der Waals surface area (Å²) in [7, 11) is 3.66. The van der Waals surface area contributed by atoms with Crippen molar-refractivity contribution in [1.29, 1.82) is 0 Å². The van der Waals surface area contributed by atoms with Crippen LogP contribution in [0.25, 0.3) is 0 Å². The third-order valence-electron chi connectivity index (χ3n) is 6.55. The van der Waals surface area contributed by atoms with Gasteiger partial charge in [0.2, 0.25) is 11.8 Å². The summed E-state index contributed by atoms with van der Waals surface area (Å²) in [6.45, 7) is 17.7. The Bertz CT molecular complexity index is 914. The summed E-state index contributed by atoms with van der Waals surface area (Å²) < 4.78 is 4.85. The minimum absolute atomic E-state index is 0.0703. The van der Waals surface area contributed by atoms with Crippen molar-refractivity contribution in [1.82, 2.24) is 15.1 Å². The molecule has 0 aliphatic carbocycles. The van der Waals surface area contributed by atoms with Gasteiger partial charge in [-0.05, 0) is 46.1 Å². The number of hydrogen-bond acceptors (Lipinski definition) is 6. The van der Waals surface area contributed by atoms with Crippen LogP contribution in [0.4, 0.5) is 0 Å². The number of thioether (sulfide) groups is 1. The van der Waals surface area contributed by atoms with Crippen LogP contribution >= 0.6 is 11.8 Å². The molecule has 1 aliphatic heterocycles. The maximum absolute atomic E-state index is 13.7. The number of ether oxygens (including phenoxy) is 1. The topological polar surface area (TPSA) is 79.0 Å². The quantitative estimate of drug-likeness (QED) is 0.365. The smallest absolute Gasteiger partial charge is 0.333 e. The van der Waals surface area contributed by atoms with Gasteiger partial charge in [-0.3, -0.25) is 14.5 Å². The number of nitrogens with one attached hydrogen (secondary N) is 1. The summed E-state index contributed by atoms with van der Waals surface area (Å²) in [5.41, 5.74) is -0.0235. The molecule has 1 saturated heterocycles. The van der Waals surface area contributed by atoms with Crippen LogP contribution in [0.3, 0.4) is 0 Å². The number of esters is 1. The van der Waals surface area contributed by atoms with Gasteiger partial charge in [-0.15, -0.1) is 11.8 Å². The zero-order valence-electron chi connectivity index (χ0n) is 25.2. The van der Waals surface area contributed by atoms with Gasteiger partial charge >= 0.3 is 5.97 Å². The number of rotatable bonds is 8. The molecule has 0 bridgehead atoms. The lowest BCUT2D eigenvalue weighted by atomic mass is 9.84. The highest BCUT2D eigenvalue weighted by Crippen LogP contribution is 2.38. The molecule has 8 heteroatoms. The van der Waals surface area contributed by atoms with Crippen LogP contribution < -0.4 is 5.32 Å². The molecule has 0 saturated carbocycles. The molecule has 1 aliphatic rings. The molecule has 38 heavy (non-hydrogen) atoms. The summed E-state index contributed by atoms with van der Waals surface area (Å²) in [5.74, 6) is 0.142. The van der Waals surface area contributed by atoms with E-state index in [4.69, 9.17) is 4.74 Å². The zero-order valence-corrected chi connectivity index (χ0v) is 26.0. The van der Waals surface area contributed by atoms with E-state index >= 15 is 0 Å². The van der Waals surface area contributed by atoms with Crippen molar-refractivity contribution >= 4 is 29.5 Å². The number of benzene rings is 1. The highest BCUT2D eigenvalue weighted by Gasteiger charge is 2.46. The third kappa shape index (κ3) is 9.77. The first-order valence-corrected chi connectivity index (χ1v) is 14.3. The highest BCUT2D eigenvalue weighted by atomic mass is 32.2. The molecule has 1 unspecified atom stereocenters. The molecule has 1 fully saturated rings. The molecular formula is C30H49N3O4S. The standard InChI is InChI=1S/C24H43N3O4S.C6H6/c1-12-31-22(30)16(4)13-17(15(2)3)27(11)21(29)18(23(5,6)7)25-20(28)19-24(8,9)32-14-26(19)10;1-2-4-6-5-3-1/h13,15,17-19H,12,14H2,1-11H3,(H,25,28);1-6H/b16-13+;/t17?,18-,19+;/m1./s1. The number of carbonyl (C=O) groups is 3. The van der Waals surface area contributed by atoms with Crippen LogP contribution in [-0.4, -0.2) is 77.0 Å². The number of likely N-dealkylation sites (N-methyl/N-ethyl adjacent to an activating group) is 2. The fraction of sp³-hybridized carbons (Fsp3) is 0.633. The van der Waals surface area contributed by atoms with E-state index in [0.717, 1.165) is 5.88 Å². The van der Waals surface area contributed by atoms with Crippen molar-refractivity contribution in [2.75, 3.05) is 26.6 Å². The first kappa shape index (κ1) is 33.7. The van der Waals surface area contributed by atoms with E-state index in [1.807, 2.05) is 83.0 Å². The summed E-state index contributed by atoms with van der Waals surface area (Å²) in [6.07, 6.45) is 1.78. The van der Waals surface area contributed by atoms with Crippen LogP contribution in [0.2, 0.25) is 0 Å². The van der Waals surface area contributed by atoms with Crippen molar-refractivity contribution in [3.63, 3.8) is 0 Å². The van der Waals surface area contributed by atoms with E-state index in [1.54, 1.807) is 43.6 Å². The van der Waals surface area contributed by atoms with Gasteiger partial charge in [0, 0.05) is 23.2 Å². The fourth-order valence-corrected chi connectivity index (χ4v) is 5.52. The Morgan fingerprint density at radius 3 is 2.00 bits per heavy atom. The van der Waals surface area contributed by atoms with Gasteiger partial charge in [0.15, 0.2) is 0 Å². The molecule has 1 heterocycles. The van der Waals surface area contributed by atoms with E-state index in [9.17, 15) is 14.4 Å². The number of carbonyl (C=O) groups excluding carboxylic acids is 3. The largest absolute Gasteiger partial charge is 0.463 e. The molecule has 0 aromatic heterocycles. The molecule has 7 nitrogen and oxygen atoms in total. The summed E-state index contributed by atoms with van der Waals surface area (Å²) >= 11 is 1.73. The van der Waals surface area contributed by atoms with E-state index < -0.39 is 11.5 Å². The van der Waals surface area contributed by atoms with Gasteiger partial charge in [0.1, 0.15) is 12.1 Å². The normalized spacial score (nSPS) is 19.2. The van der Waals surface area contributed by atoms with E-state index in [0.29, 0.717) is 12.2 Å². The molecule has 214 valence electrons. The highest BCUT2D eigenvalue weighted by molar-refractivity contribution is 8.00. The molecule has 1 N–H and O–H groups in total. The summed E-state index contributed by atoms with van der Waals surface area (Å²) in [5, 5.41) is 3.06. The Hall–Kier alpha value is -2.32. The van der Waals surface area contributed by atoms with Gasteiger partial charge in [0.05, 0.1) is 12.6 Å². The van der Waals surface area contributed by atoms with Crippen LogP contribution in [-0.2, 0) is 19.1 Å². The van der Waals surface area contributed by atoms with Crippen molar-refractivity contribution in [3.05, 3.63) is 48.0 Å². The summed E-state index contributed by atoms with van der Waals surface area (Å²) in [6, 6.07) is 10.7. The van der Waals surface area contributed by atoms with Gasteiger partial charge in [-0.1, -0.05) is 77.1 Å². The average Bonchev–Trinajstić information content (AvgIpc) is 3.12. The van der Waals surface area contributed by atoms with Gasteiger partial charge in [-0.2, -0.15) is 0 Å². The van der Waals surface area contributed by atoms with E-state index in [-0.39, 0.29) is 40.5 Å².